The first-order valence-corrected chi connectivity index (χ1v) is 5.81. The summed E-state index contributed by atoms with van der Waals surface area (Å²) in [4.78, 5) is 0. The van der Waals surface area contributed by atoms with Crippen molar-refractivity contribution >= 4 is 11.6 Å². The molecule has 16 heavy (non-hydrogen) atoms. The SMILES string of the molecule is CCC(O)c1cccc(OC2COC2)c1Cl. The van der Waals surface area contributed by atoms with Crippen LogP contribution in [0.25, 0.3) is 0 Å². The van der Waals surface area contributed by atoms with Gasteiger partial charge in [0.15, 0.2) is 0 Å². The van der Waals surface area contributed by atoms with E-state index in [9.17, 15) is 5.11 Å². The van der Waals surface area contributed by atoms with E-state index < -0.39 is 6.10 Å². The minimum atomic E-state index is -0.534. The molecular formula is C12H15ClO3. The topological polar surface area (TPSA) is 38.7 Å². The van der Waals surface area contributed by atoms with Crippen molar-refractivity contribution in [3.05, 3.63) is 28.8 Å². The normalized spacial score (nSPS) is 17.9. The Kier molecular flexibility index (Phi) is 3.69. The van der Waals surface area contributed by atoms with E-state index in [-0.39, 0.29) is 6.10 Å². The zero-order chi connectivity index (χ0) is 11.5. The van der Waals surface area contributed by atoms with Crippen molar-refractivity contribution in [2.45, 2.75) is 25.6 Å². The van der Waals surface area contributed by atoms with Gasteiger partial charge < -0.3 is 14.6 Å². The molecule has 1 aliphatic rings. The lowest BCUT2D eigenvalue weighted by Gasteiger charge is -2.27. The van der Waals surface area contributed by atoms with Crippen LogP contribution in [0.2, 0.25) is 5.02 Å². The van der Waals surface area contributed by atoms with E-state index in [0.717, 1.165) is 5.56 Å². The molecule has 2 rings (SSSR count). The smallest absolute Gasteiger partial charge is 0.145 e. The fourth-order valence-corrected chi connectivity index (χ4v) is 1.85. The third kappa shape index (κ3) is 2.32. The largest absolute Gasteiger partial charge is 0.484 e. The van der Waals surface area contributed by atoms with Gasteiger partial charge in [-0.05, 0) is 12.5 Å². The molecule has 1 aromatic carbocycles. The van der Waals surface area contributed by atoms with Crippen molar-refractivity contribution in [3.8, 4) is 5.75 Å². The summed E-state index contributed by atoms with van der Waals surface area (Å²) in [6, 6.07) is 5.47. The quantitative estimate of drug-likeness (QED) is 0.882. The highest BCUT2D eigenvalue weighted by Crippen LogP contribution is 2.34. The van der Waals surface area contributed by atoms with Crippen LogP contribution in [-0.2, 0) is 4.74 Å². The van der Waals surface area contributed by atoms with Crippen molar-refractivity contribution in [1.29, 1.82) is 0 Å². The fraction of sp³-hybridized carbons (Fsp3) is 0.500. The standard InChI is InChI=1S/C12H15ClO3/c1-2-10(14)9-4-3-5-11(12(9)13)16-8-6-15-7-8/h3-5,8,10,14H,2,6-7H2,1H3. The van der Waals surface area contributed by atoms with Crippen LogP contribution in [0.4, 0.5) is 0 Å². The van der Waals surface area contributed by atoms with Gasteiger partial charge in [-0.15, -0.1) is 0 Å². The van der Waals surface area contributed by atoms with Crippen molar-refractivity contribution in [2.24, 2.45) is 0 Å². The number of rotatable bonds is 4. The third-order valence-electron chi connectivity index (χ3n) is 2.64. The van der Waals surface area contributed by atoms with Gasteiger partial charge in [-0.3, -0.25) is 0 Å². The molecule has 0 aromatic heterocycles. The number of halogens is 1. The minimum Gasteiger partial charge on any atom is -0.484 e. The van der Waals surface area contributed by atoms with Crippen molar-refractivity contribution in [2.75, 3.05) is 13.2 Å². The molecule has 0 saturated carbocycles. The molecule has 0 aliphatic carbocycles. The summed E-state index contributed by atoms with van der Waals surface area (Å²) < 4.78 is 10.7. The summed E-state index contributed by atoms with van der Waals surface area (Å²) in [5, 5.41) is 10.3. The Morgan fingerprint density at radius 3 is 2.88 bits per heavy atom. The van der Waals surface area contributed by atoms with Gasteiger partial charge in [0.1, 0.15) is 11.9 Å². The Morgan fingerprint density at radius 1 is 1.56 bits per heavy atom. The summed E-state index contributed by atoms with van der Waals surface area (Å²) in [5.74, 6) is 0.625. The molecule has 0 radical (unpaired) electrons. The van der Waals surface area contributed by atoms with Gasteiger partial charge in [-0.25, -0.2) is 0 Å². The molecule has 1 heterocycles. The Balaban J connectivity index is 2.17. The maximum absolute atomic E-state index is 9.78. The van der Waals surface area contributed by atoms with Gasteiger partial charge in [0, 0.05) is 5.56 Å². The van der Waals surface area contributed by atoms with E-state index in [1.165, 1.54) is 0 Å². The summed E-state index contributed by atoms with van der Waals surface area (Å²) in [7, 11) is 0. The van der Waals surface area contributed by atoms with Crippen molar-refractivity contribution < 1.29 is 14.6 Å². The molecule has 88 valence electrons. The van der Waals surface area contributed by atoms with E-state index in [1.54, 1.807) is 0 Å². The van der Waals surface area contributed by atoms with E-state index in [0.29, 0.717) is 30.4 Å². The minimum absolute atomic E-state index is 0.0894. The molecule has 3 nitrogen and oxygen atoms in total. The summed E-state index contributed by atoms with van der Waals surface area (Å²) >= 11 is 6.18. The number of aliphatic hydroxyl groups excluding tert-OH is 1. The Hall–Kier alpha value is -0.770. The first kappa shape index (κ1) is 11.7. The molecule has 1 aliphatic heterocycles. The van der Waals surface area contributed by atoms with Gasteiger partial charge in [-0.2, -0.15) is 0 Å². The predicted octanol–water partition coefficient (Wildman–Crippen LogP) is 2.56. The Bertz CT molecular complexity index is 363. The van der Waals surface area contributed by atoms with Crippen LogP contribution in [0.1, 0.15) is 25.0 Å². The molecule has 0 spiro atoms. The van der Waals surface area contributed by atoms with E-state index in [1.807, 2.05) is 25.1 Å². The van der Waals surface area contributed by atoms with Gasteiger partial charge in [0.2, 0.25) is 0 Å². The van der Waals surface area contributed by atoms with Crippen LogP contribution in [0.15, 0.2) is 18.2 Å². The van der Waals surface area contributed by atoms with Crippen LogP contribution >= 0.6 is 11.6 Å². The number of hydrogen-bond acceptors (Lipinski definition) is 3. The lowest BCUT2D eigenvalue weighted by molar-refractivity contribution is -0.0797. The Labute approximate surface area is 99.9 Å². The summed E-state index contributed by atoms with van der Waals surface area (Å²) in [6.07, 6.45) is 0.190. The van der Waals surface area contributed by atoms with Crippen LogP contribution in [0.3, 0.4) is 0 Å². The average molecular weight is 243 g/mol. The van der Waals surface area contributed by atoms with E-state index >= 15 is 0 Å². The number of aliphatic hydroxyl groups is 1. The molecule has 0 amide bonds. The number of ether oxygens (including phenoxy) is 2. The second kappa shape index (κ2) is 5.04. The third-order valence-corrected chi connectivity index (χ3v) is 3.04. The van der Waals surface area contributed by atoms with E-state index in [2.05, 4.69) is 0 Å². The maximum Gasteiger partial charge on any atom is 0.145 e. The first-order valence-electron chi connectivity index (χ1n) is 5.43. The van der Waals surface area contributed by atoms with Crippen LogP contribution in [0, 0.1) is 0 Å². The zero-order valence-electron chi connectivity index (χ0n) is 9.15. The average Bonchev–Trinajstić information content (AvgIpc) is 2.24. The molecular weight excluding hydrogens is 228 g/mol. The monoisotopic (exact) mass is 242 g/mol. The molecule has 1 saturated heterocycles. The maximum atomic E-state index is 9.78. The molecule has 1 unspecified atom stereocenters. The van der Waals surface area contributed by atoms with Crippen LogP contribution < -0.4 is 4.74 Å². The molecule has 1 aromatic rings. The fourth-order valence-electron chi connectivity index (χ4n) is 1.56. The second-order valence-corrected chi connectivity index (χ2v) is 4.24. The van der Waals surface area contributed by atoms with Gasteiger partial charge in [-0.1, -0.05) is 30.7 Å². The number of benzene rings is 1. The van der Waals surface area contributed by atoms with Gasteiger partial charge >= 0.3 is 0 Å². The van der Waals surface area contributed by atoms with Crippen LogP contribution in [-0.4, -0.2) is 24.4 Å². The Morgan fingerprint density at radius 2 is 2.31 bits per heavy atom. The summed E-state index contributed by atoms with van der Waals surface area (Å²) in [6.45, 7) is 3.13. The lowest BCUT2D eigenvalue weighted by atomic mass is 10.1. The predicted molar refractivity (Wildman–Crippen MR) is 61.9 cm³/mol. The lowest BCUT2D eigenvalue weighted by Crippen LogP contribution is -2.38. The zero-order valence-corrected chi connectivity index (χ0v) is 9.91. The van der Waals surface area contributed by atoms with E-state index in [4.69, 9.17) is 21.1 Å². The highest BCUT2D eigenvalue weighted by atomic mass is 35.5. The molecule has 4 heteroatoms. The highest BCUT2D eigenvalue weighted by Gasteiger charge is 2.22. The molecule has 1 atom stereocenters. The van der Waals surface area contributed by atoms with Gasteiger partial charge in [0.05, 0.1) is 24.3 Å². The van der Waals surface area contributed by atoms with Crippen LogP contribution in [0.5, 0.6) is 5.75 Å². The molecule has 1 fully saturated rings. The highest BCUT2D eigenvalue weighted by molar-refractivity contribution is 6.32. The summed E-state index contributed by atoms with van der Waals surface area (Å²) in [5.41, 5.74) is 0.724. The van der Waals surface area contributed by atoms with Crippen molar-refractivity contribution in [3.63, 3.8) is 0 Å². The van der Waals surface area contributed by atoms with Crippen molar-refractivity contribution in [1.82, 2.24) is 0 Å². The number of hydrogen-bond donors (Lipinski definition) is 1. The second-order valence-electron chi connectivity index (χ2n) is 3.86. The molecule has 0 bridgehead atoms. The van der Waals surface area contributed by atoms with Gasteiger partial charge in [0.25, 0.3) is 0 Å². The molecule has 1 N–H and O–H groups in total. The first-order chi connectivity index (χ1) is 7.72.